The van der Waals surface area contributed by atoms with Crippen LogP contribution in [0.15, 0.2) is 0 Å². The molecule has 0 radical (unpaired) electrons. The van der Waals surface area contributed by atoms with Crippen LogP contribution in [-0.4, -0.2) is 62.8 Å². The fraction of sp³-hybridized carbons (Fsp3) is 0.857. The third-order valence-electron chi connectivity index (χ3n) is 2.23. The van der Waals surface area contributed by atoms with Gasteiger partial charge in [0.1, 0.15) is 24.4 Å². The topological polar surface area (TPSA) is 140 Å². The molecule has 5 atom stereocenters. The molecule has 0 amide bonds. The van der Waals surface area contributed by atoms with Crippen molar-refractivity contribution in [2.75, 3.05) is 6.61 Å². The van der Waals surface area contributed by atoms with Crippen molar-refractivity contribution in [1.29, 1.82) is 0 Å². The lowest BCUT2D eigenvalue weighted by Gasteiger charge is -2.40. The highest BCUT2D eigenvalue weighted by Gasteiger charge is 2.43. The van der Waals surface area contributed by atoms with E-state index in [9.17, 15) is 15.3 Å². The third-order valence-corrected chi connectivity index (χ3v) is 2.33. The Morgan fingerprint density at radius 2 is 1.88 bits per heavy atom. The van der Waals surface area contributed by atoms with Gasteiger partial charge in [-0.1, -0.05) is 0 Å². The Hall–Kier alpha value is -0.550. The molecule has 0 spiro atoms. The van der Waals surface area contributed by atoms with Gasteiger partial charge in [-0.3, -0.25) is 5.43 Å². The molecular weight excluding hydrogens is 238 g/mol. The summed E-state index contributed by atoms with van der Waals surface area (Å²) in [6, 6.07) is 0. The van der Waals surface area contributed by atoms with E-state index in [-0.39, 0.29) is 5.11 Å². The van der Waals surface area contributed by atoms with E-state index in [1.807, 2.05) is 0 Å². The van der Waals surface area contributed by atoms with Gasteiger partial charge >= 0.3 is 0 Å². The lowest BCUT2D eigenvalue weighted by Crippen LogP contribution is -2.65. The van der Waals surface area contributed by atoms with Crippen molar-refractivity contribution in [2.24, 2.45) is 5.73 Å². The zero-order chi connectivity index (χ0) is 12.3. The Labute approximate surface area is 97.0 Å². The van der Waals surface area contributed by atoms with Crippen LogP contribution in [0.4, 0.5) is 0 Å². The highest BCUT2D eigenvalue weighted by atomic mass is 32.1. The van der Waals surface area contributed by atoms with E-state index in [2.05, 4.69) is 23.1 Å². The fourth-order valence-electron chi connectivity index (χ4n) is 1.36. The van der Waals surface area contributed by atoms with Crippen LogP contribution in [-0.2, 0) is 4.74 Å². The number of aliphatic hydroxyl groups excluding tert-OH is 4. The molecule has 1 saturated heterocycles. The number of thiocarbonyl (C=S) groups is 1. The maximum atomic E-state index is 9.53. The molecule has 8 nitrogen and oxygen atoms in total. The van der Waals surface area contributed by atoms with Gasteiger partial charge in [-0.2, -0.15) is 0 Å². The fourth-order valence-corrected chi connectivity index (χ4v) is 1.42. The molecule has 0 saturated carbocycles. The van der Waals surface area contributed by atoms with E-state index in [1.165, 1.54) is 0 Å². The molecule has 0 aliphatic carbocycles. The highest BCUT2D eigenvalue weighted by molar-refractivity contribution is 7.80. The van der Waals surface area contributed by atoms with Gasteiger partial charge in [0.05, 0.1) is 6.61 Å². The van der Waals surface area contributed by atoms with Crippen molar-refractivity contribution in [1.82, 2.24) is 10.9 Å². The molecule has 94 valence electrons. The maximum absolute atomic E-state index is 9.53. The molecule has 1 fully saturated rings. The van der Waals surface area contributed by atoms with Gasteiger partial charge in [0.15, 0.2) is 11.3 Å². The molecule has 1 aliphatic heterocycles. The molecule has 0 aromatic carbocycles. The van der Waals surface area contributed by atoms with E-state index in [0.717, 1.165) is 0 Å². The lowest BCUT2D eigenvalue weighted by atomic mass is 9.99. The Bertz CT molecular complexity index is 254. The number of nitrogens with two attached hydrogens (primary N) is 1. The predicted molar refractivity (Wildman–Crippen MR) is 56.8 cm³/mol. The van der Waals surface area contributed by atoms with Gasteiger partial charge < -0.3 is 30.9 Å². The number of nitrogens with one attached hydrogen (secondary N) is 2. The minimum Gasteiger partial charge on any atom is -0.394 e. The molecule has 1 heterocycles. The van der Waals surface area contributed by atoms with Crippen LogP contribution in [0.25, 0.3) is 0 Å². The van der Waals surface area contributed by atoms with Crippen molar-refractivity contribution >= 4 is 17.3 Å². The Morgan fingerprint density at radius 1 is 1.25 bits per heavy atom. The summed E-state index contributed by atoms with van der Waals surface area (Å²) in [5.41, 5.74) is 9.88. The first-order valence-corrected chi connectivity index (χ1v) is 4.99. The van der Waals surface area contributed by atoms with Crippen LogP contribution in [0.2, 0.25) is 0 Å². The van der Waals surface area contributed by atoms with Gasteiger partial charge in [-0.25, -0.2) is 5.43 Å². The second-order valence-corrected chi connectivity index (χ2v) is 3.82. The normalized spacial score (nSPS) is 39.4. The van der Waals surface area contributed by atoms with E-state index in [0.29, 0.717) is 0 Å². The highest BCUT2D eigenvalue weighted by Crippen LogP contribution is 2.19. The molecule has 1 rings (SSSR count). The van der Waals surface area contributed by atoms with Gasteiger partial charge in [-0.15, -0.1) is 0 Å². The summed E-state index contributed by atoms with van der Waals surface area (Å²) in [6.45, 7) is -0.490. The number of aliphatic hydroxyl groups is 4. The average molecular weight is 253 g/mol. The first-order chi connectivity index (χ1) is 7.47. The largest absolute Gasteiger partial charge is 0.394 e. The molecule has 0 aromatic rings. The van der Waals surface area contributed by atoms with E-state index in [1.54, 1.807) is 0 Å². The van der Waals surface area contributed by atoms with Gasteiger partial charge in [0.2, 0.25) is 0 Å². The lowest BCUT2D eigenvalue weighted by molar-refractivity contribution is -0.238. The Morgan fingerprint density at radius 3 is 2.38 bits per heavy atom. The van der Waals surface area contributed by atoms with E-state index >= 15 is 0 Å². The number of hydrazine groups is 1. The van der Waals surface area contributed by atoms with Crippen LogP contribution in [0, 0.1) is 0 Å². The molecular formula is C7H15N3O5S. The SMILES string of the molecule is NC(=S)NN[C@H]1O[C@H](CO)[C@@H](O)[C@H](O)[C@H]1O. The second kappa shape index (κ2) is 5.68. The first-order valence-electron chi connectivity index (χ1n) is 4.59. The van der Waals surface area contributed by atoms with Crippen molar-refractivity contribution in [3.8, 4) is 0 Å². The van der Waals surface area contributed by atoms with Gasteiger partial charge in [0, 0.05) is 0 Å². The van der Waals surface area contributed by atoms with Crippen molar-refractivity contribution in [3.05, 3.63) is 0 Å². The van der Waals surface area contributed by atoms with Crippen LogP contribution in [0.1, 0.15) is 0 Å². The minimum absolute atomic E-state index is 0.0723. The zero-order valence-corrected chi connectivity index (χ0v) is 9.09. The number of ether oxygens (including phenoxy) is 1. The van der Waals surface area contributed by atoms with Crippen LogP contribution in [0.5, 0.6) is 0 Å². The average Bonchev–Trinajstić information content (AvgIpc) is 2.25. The second-order valence-electron chi connectivity index (χ2n) is 3.38. The van der Waals surface area contributed by atoms with E-state index < -0.39 is 37.3 Å². The molecule has 8 N–H and O–H groups in total. The van der Waals surface area contributed by atoms with Crippen molar-refractivity contribution < 1.29 is 25.2 Å². The number of hydrogen-bond acceptors (Lipinski definition) is 7. The summed E-state index contributed by atoms with van der Waals surface area (Å²) in [5.74, 6) is 0. The predicted octanol–water partition coefficient (Wildman–Crippen LogP) is -3.88. The quantitative estimate of drug-likeness (QED) is 0.199. The van der Waals surface area contributed by atoms with Crippen molar-refractivity contribution in [2.45, 2.75) is 30.6 Å². The van der Waals surface area contributed by atoms with Gasteiger partial charge in [0.25, 0.3) is 0 Å². The number of hydrogen-bond donors (Lipinski definition) is 7. The minimum atomic E-state index is -1.43. The summed E-state index contributed by atoms with van der Waals surface area (Å²) in [5, 5.41) is 37.2. The number of rotatable bonds is 3. The maximum Gasteiger partial charge on any atom is 0.178 e. The molecule has 9 heteroatoms. The molecule has 0 unspecified atom stereocenters. The summed E-state index contributed by atoms with van der Waals surface area (Å²) in [7, 11) is 0. The third kappa shape index (κ3) is 2.98. The van der Waals surface area contributed by atoms with Crippen LogP contribution < -0.4 is 16.6 Å². The van der Waals surface area contributed by atoms with Gasteiger partial charge in [-0.05, 0) is 12.2 Å². The molecule has 0 bridgehead atoms. The zero-order valence-electron chi connectivity index (χ0n) is 8.28. The summed E-state index contributed by atoms with van der Waals surface area (Å²) >= 11 is 4.52. The molecule has 0 aromatic heterocycles. The first kappa shape index (κ1) is 13.5. The summed E-state index contributed by atoms with van der Waals surface area (Å²) < 4.78 is 5.08. The molecule has 1 aliphatic rings. The standard InChI is InChI=1S/C7H15N3O5S/c8-7(16)10-9-6-5(14)4(13)3(12)2(1-11)15-6/h2-6,9,11-14H,1H2,(H3,8,10,16)/t2-,3-,4+,5-,6+/m1/s1. The van der Waals surface area contributed by atoms with Crippen LogP contribution >= 0.6 is 12.2 Å². The smallest absolute Gasteiger partial charge is 0.178 e. The van der Waals surface area contributed by atoms with Crippen molar-refractivity contribution in [3.63, 3.8) is 0 Å². The Kier molecular flexibility index (Phi) is 4.80. The summed E-state index contributed by atoms with van der Waals surface area (Å²) in [6.07, 6.45) is -6.21. The summed E-state index contributed by atoms with van der Waals surface area (Å²) in [4.78, 5) is 0. The van der Waals surface area contributed by atoms with Crippen LogP contribution in [0.3, 0.4) is 0 Å². The van der Waals surface area contributed by atoms with E-state index in [4.69, 9.17) is 15.6 Å². The molecule has 16 heavy (non-hydrogen) atoms. The monoisotopic (exact) mass is 253 g/mol. The Balaban J connectivity index is 2.60.